The monoisotopic (exact) mass is 283 g/mol. The van der Waals surface area contributed by atoms with E-state index in [1.54, 1.807) is 36.7 Å². The van der Waals surface area contributed by atoms with E-state index in [0.29, 0.717) is 5.65 Å². The summed E-state index contributed by atoms with van der Waals surface area (Å²) in [6.45, 7) is 0. The van der Waals surface area contributed by atoms with Crippen LogP contribution < -0.4 is 0 Å². The fraction of sp³-hybridized carbons (Fsp3) is 0. The largest absolute Gasteiger partial charge is 0.478 e. The molecule has 20 heavy (non-hydrogen) atoms. The number of fused-ring (bicyclic) bond motifs is 1. The molecule has 98 valence electrons. The van der Waals surface area contributed by atoms with Gasteiger partial charge in [0.15, 0.2) is 5.65 Å². The van der Waals surface area contributed by atoms with Gasteiger partial charge in [-0.1, -0.05) is 11.8 Å². The average molecular weight is 283 g/mol. The molecule has 1 aromatic carbocycles. The van der Waals surface area contributed by atoms with Crippen molar-refractivity contribution in [3.8, 4) is 0 Å². The Morgan fingerprint density at radius 1 is 1.00 bits per heavy atom. The summed E-state index contributed by atoms with van der Waals surface area (Å²) in [5, 5.41) is 9.64. The van der Waals surface area contributed by atoms with E-state index in [9.17, 15) is 4.79 Å². The van der Waals surface area contributed by atoms with Crippen molar-refractivity contribution >= 4 is 28.9 Å². The number of hydrogen-bond acceptors (Lipinski definition) is 5. The lowest BCUT2D eigenvalue weighted by atomic mass is 10.2. The summed E-state index contributed by atoms with van der Waals surface area (Å²) in [5.74, 6) is -0.930. The molecule has 0 fully saturated rings. The summed E-state index contributed by atoms with van der Waals surface area (Å²) in [4.78, 5) is 24.4. The fourth-order valence-electron chi connectivity index (χ4n) is 1.68. The summed E-state index contributed by atoms with van der Waals surface area (Å²) >= 11 is 1.45. The number of carboxylic acid groups (broad SMARTS) is 1. The molecule has 0 unspecified atom stereocenters. The molecule has 2 aromatic heterocycles. The van der Waals surface area contributed by atoms with Crippen LogP contribution in [0.25, 0.3) is 11.2 Å². The maximum atomic E-state index is 10.8. The molecule has 3 aromatic rings. The van der Waals surface area contributed by atoms with Crippen LogP contribution in [-0.2, 0) is 0 Å². The van der Waals surface area contributed by atoms with E-state index >= 15 is 0 Å². The molecule has 1 N–H and O–H groups in total. The molecule has 0 bridgehead atoms. The van der Waals surface area contributed by atoms with Crippen molar-refractivity contribution in [2.75, 3.05) is 0 Å². The first kappa shape index (κ1) is 12.6. The predicted molar refractivity (Wildman–Crippen MR) is 74.9 cm³/mol. The van der Waals surface area contributed by atoms with Crippen molar-refractivity contribution in [1.82, 2.24) is 15.0 Å². The van der Waals surface area contributed by atoms with Gasteiger partial charge in [-0.3, -0.25) is 4.98 Å². The van der Waals surface area contributed by atoms with Crippen LogP contribution in [0.2, 0.25) is 0 Å². The zero-order valence-corrected chi connectivity index (χ0v) is 11.0. The van der Waals surface area contributed by atoms with Crippen molar-refractivity contribution in [3.05, 3.63) is 54.4 Å². The van der Waals surface area contributed by atoms with E-state index < -0.39 is 5.97 Å². The van der Waals surface area contributed by atoms with Crippen LogP contribution in [0.15, 0.2) is 58.7 Å². The molecule has 2 heterocycles. The van der Waals surface area contributed by atoms with Crippen LogP contribution >= 0.6 is 11.8 Å². The first-order valence-electron chi connectivity index (χ1n) is 5.81. The molecular weight excluding hydrogens is 274 g/mol. The van der Waals surface area contributed by atoms with Crippen LogP contribution in [0, 0.1) is 0 Å². The number of carbonyl (C=O) groups is 1. The Morgan fingerprint density at radius 3 is 2.50 bits per heavy atom. The molecular formula is C14H9N3O2S. The van der Waals surface area contributed by atoms with E-state index in [1.807, 2.05) is 12.1 Å². The van der Waals surface area contributed by atoms with Crippen molar-refractivity contribution in [3.63, 3.8) is 0 Å². The van der Waals surface area contributed by atoms with Gasteiger partial charge in [0.25, 0.3) is 0 Å². The smallest absolute Gasteiger partial charge is 0.335 e. The van der Waals surface area contributed by atoms with Crippen LogP contribution in [0.4, 0.5) is 0 Å². The number of carboxylic acids is 1. The number of hydrogen-bond donors (Lipinski definition) is 1. The highest BCUT2D eigenvalue weighted by molar-refractivity contribution is 7.99. The minimum absolute atomic E-state index is 0.270. The van der Waals surface area contributed by atoms with Crippen molar-refractivity contribution in [2.24, 2.45) is 0 Å². The van der Waals surface area contributed by atoms with Gasteiger partial charge in [-0.05, 0) is 36.4 Å². The average Bonchev–Trinajstić information content (AvgIpc) is 2.48. The lowest BCUT2D eigenvalue weighted by Crippen LogP contribution is -1.94. The molecule has 0 saturated carbocycles. The summed E-state index contributed by atoms with van der Waals surface area (Å²) in [6.07, 6.45) is 3.23. The van der Waals surface area contributed by atoms with E-state index in [-0.39, 0.29) is 5.56 Å². The van der Waals surface area contributed by atoms with E-state index in [1.165, 1.54) is 11.8 Å². The normalized spacial score (nSPS) is 10.6. The second kappa shape index (κ2) is 5.26. The zero-order valence-electron chi connectivity index (χ0n) is 10.2. The molecule has 0 saturated heterocycles. The Hall–Kier alpha value is -2.47. The molecule has 0 aliphatic heterocycles. The van der Waals surface area contributed by atoms with Crippen LogP contribution in [0.1, 0.15) is 10.4 Å². The van der Waals surface area contributed by atoms with Gasteiger partial charge >= 0.3 is 5.97 Å². The highest BCUT2D eigenvalue weighted by atomic mass is 32.2. The molecule has 0 spiro atoms. The standard InChI is InChI=1S/C14H9N3O2S/c18-14(19)9-1-3-10(4-2-9)20-12-6-5-11-13(17-12)16-8-7-15-11/h1-8H,(H,18,19). The predicted octanol–water partition coefficient (Wildman–Crippen LogP) is 2.87. The number of nitrogens with zero attached hydrogens (tertiary/aromatic N) is 3. The third-order valence-corrected chi connectivity index (χ3v) is 3.57. The lowest BCUT2D eigenvalue weighted by Gasteiger charge is -2.02. The quantitative estimate of drug-likeness (QED) is 0.796. The van der Waals surface area contributed by atoms with E-state index in [0.717, 1.165) is 15.4 Å². The van der Waals surface area contributed by atoms with E-state index in [2.05, 4.69) is 15.0 Å². The molecule has 0 aliphatic rings. The minimum atomic E-state index is -0.930. The van der Waals surface area contributed by atoms with Crippen LogP contribution in [0.5, 0.6) is 0 Å². The lowest BCUT2D eigenvalue weighted by molar-refractivity contribution is 0.0697. The maximum Gasteiger partial charge on any atom is 0.335 e. The first-order chi connectivity index (χ1) is 9.72. The molecule has 0 aliphatic carbocycles. The Kier molecular flexibility index (Phi) is 3.30. The van der Waals surface area contributed by atoms with Gasteiger partial charge in [0.05, 0.1) is 5.56 Å². The summed E-state index contributed by atoms with van der Waals surface area (Å²) in [6, 6.07) is 10.4. The number of benzene rings is 1. The van der Waals surface area contributed by atoms with Gasteiger partial charge in [-0.2, -0.15) is 0 Å². The molecule has 6 heteroatoms. The van der Waals surface area contributed by atoms with Gasteiger partial charge in [0.2, 0.25) is 0 Å². The van der Waals surface area contributed by atoms with Crippen molar-refractivity contribution in [1.29, 1.82) is 0 Å². The molecule has 3 rings (SSSR count). The second-order valence-electron chi connectivity index (χ2n) is 3.98. The third-order valence-electron chi connectivity index (χ3n) is 2.63. The van der Waals surface area contributed by atoms with Gasteiger partial charge in [0.1, 0.15) is 10.5 Å². The van der Waals surface area contributed by atoms with Gasteiger partial charge in [0, 0.05) is 17.3 Å². The Bertz CT molecular complexity index is 775. The molecule has 0 amide bonds. The number of rotatable bonds is 3. The first-order valence-corrected chi connectivity index (χ1v) is 6.63. The SMILES string of the molecule is O=C(O)c1ccc(Sc2ccc3nccnc3n2)cc1. The number of pyridine rings is 1. The number of aromatic carboxylic acids is 1. The minimum Gasteiger partial charge on any atom is -0.478 e. The number of aromatic nitrogens is 3. The van der Waals surface area contributed by atoms with Crippen molar-refractivity contribution < 1.29 is 9.90 Å². The third kappa shape index (κ3) is 2.60. The summed E-state index contributed by atoms with van der Waals surface area (Å²) in [5.41, 5.74) is 1.62. The molecule has 5 nitrogen and oxygen atoms in total. The van der Waals surface area contributed by atoms with Crippen LogP contribution in [-0.4, -0.2) is 26.0 Å². The summed E-state index contributed by atoms with van der Waals surface area (Å²) in [7, 11) is 0. The highest BCUT2D eigenvalue weighted by Crippen LogP contribution is 2.27. The topological polar surface area (TPSA) is 76.0 Å². The van der Waals surface area contributed by atoms with Crippen molar-refractivity contribution in [2.45, 2.75) is 9.92 Å². The Morgan fingerprint density at radius 2 is 1.75 bits per heavy atom. The Labute approximate surface area is 118 Å². The fourth-order valence-corrected chi connectivity index (χ4v) is 2.46. The van der Waals surface area contributed by atoms with Gasteiger partial charge in [-0.25, -0.2) is 14.8 Å². The van der Waals surface area contributed by atoms with Crippen LogP contribution in [0.3, 0.4) is 0 Å². The second-order valence-corrected chi connectivity index (χ2v) is 5.07. The maximum absolute atomic E-state index is 10.8. The summed E-state index contributed by atoms with van der Waals surface area (Å²) < 4.78 is 0. The Balaban J connectivity index is 1.87. The van der Waals surface area contributed by atoms with Gasteiger partial charge < -0.3 is 5.11 Å². The zero-order chi connectivity index (χ0) is 13.9. The molecule has 0 radical (unpaired) electrons. The van der Waals surface area contributed by atoms with Gasteiger partial charge in [-0.15, -0.1) is 0 Å². The van der Waals surface area contributed by atoms with E-state index in [4.69, 9.17) is 5.11 Å². The molecule has 0 atom stereocenters. The highest BCUT2D eigenvalue weighted by Gasteiger charge is 2.05.